The largest absolute Gasteiger partial charge is 0.288 e. The van der Waals surface area contributed by atoms with Crippen molar-refractivity contribution in [1.29, 1.82) is 0 Å². The molecule has 0 amide bonds. The van der Waals surface area contributed by atoms with E-state index < -0.39 is 0 Å². The topological polar surface area (TPSA) is 34.0 Å². The van der Waals surface area contributed by atoms with Gasteiger partial charge >= 0.3 is 0 Å². The van der Waals surface area contributed by atoms with Gasteiger partial charge in [0.2, 0.25) is 0 Å². The normalized spacial score (nSPS) is 19.3. The van der Waals surface area contributed by atoms with Crippen LogP contribution >= 0.6 is 22.9 Å². The lowest BCUT2D eigenvalue weighted by molar-refractivity contribution is 0.245. The summed E-state index contributed by atoms with van der Waals surface area (Å²) >= 11 is 8.16. The van der Waals surface area contributed by atoms with Crippen molar-refractivity contribution < 1.29 is 0 Å². The minimum absolute atomic E-state index is 0.416. The van der Waals surface area contributed by atoms with E-state index in [1.54, 1.807) is 11.3 Å². The van der Waals surface area contributed by atoms with E-state index in [0.717, 1.165) is 34.7 Å². The maximum Gasteiger partial charge on any atom is 0.110 e. The van der Waals surface area contributed by atoms with Crippen LogP contribution in [0.3, 0.4) is 0 Å². The van der Waals surface area contributed by atoms with E-state index in [9.17, 15) is 0 Å². The quantitative estimate of drug-likeness (QED) is 0.726. The number of likely N-dealkylation sites (tertiary alicyclic amines) is 1. The van der Waals surface area contributed by atoms with Crippen molar-refractivity contribution in [3.8, 4) is 0 Å². The van der Waals surface area contributed by atoms with Crippen molar-refractivity contribution in [2.75, 3.05) is 6.54 Å². The first-order valence-electron chi connectivity index (χ1n) is 7.47. The highest BCUT2D eigenvalue weighted by atomic mass is 35.5. The van der Waals surface area contributed by atoms with Gasteiger partial charge in [0.15, 0.2) is 0 Å². The second-order valence-corrected chi connectivity index (χ2v) is 7.04. The second-order valence-electron chi connectivity index (χ2n) is 5.70. The number of benzene rings is 1. The lowest BCUT2D eigenvalue weighted by Crippen LogP contribution is -2.23. The van der Waals surface area contributed by atoms with Crippen molar-refractivity contribution in [1.82, 2.24) is 19.7 Å². The molecule has 4 rings (SSSR count). The monoisotopic (exact) mass is 332 g/mol. The summed E-state index contributed by atoms with van der Waals surface area (Å²) in [5, 5.41) is 9.83. The van der Waals surface area contributed by atoms with Gasteiger partial charge in [0.05, 0.1) is 22.3 Å². The standard InChI is InChI=1S/C16H17ClN4S/c1-20-13-5-2-4-11(17)15(13)12(19-20)10-21-8-3-6-14(21)16-18-7-9-22-16/h2,4-5,7,9,14H,3,6,8,10H2,1H3. The molecule has 3 heterocycles. The summed E-state index contributed by atoms with van der Waals surface area (Å²) in [7, 11) is 1.98. The second kappa shape index (κ2) is 5.65. The summed E-state index contributed by atoms with van der Waals surface area (Å²) in [5.41, 5.74) is 2.15. The van der Waals surface area contributed by atoms with E-state index in [1.807, 2.05) is 30.1 Å². The molecule has 114 valence electrons. The van der Waals surface area contributed by atoms with Crippen molar-refractivity contribution in [3.63, 3.8) is 0 Å². The highest BCUT2D eigenvalue weighted by Crippen LogP contribution is 2.35. The molecule has 22 heavy (non-hydrogen) atoms. The molecule has 1 aromatic carbocycles. The summed E-state index contributed by atoms with van der Waals surface area (Å²) in [6.45, 7) is 1.91. The van der Waals surface area contributed by atoms with E-state index >= 15 is 0 Å². The van der Waals surface area contributed by atoms with Gasteiger partial charge in [-0.3, -0.25) is 9.58 Å². The molecule has 4 nitrogen and oxygen atoms in total. The Morgan fingerprint density at radius 2 is 2.32 bits per heavy atom. The molecule has 1 fully saturated rings. The number of hydrogen-bond donors (Lipinski definition) is 0. The van der Waals surface area contributed by atoms with Gasteiger partial charge < -0.3 is 0 Å². The van der Waals surface area contributed by atoms with E-state index in [1.165, 1.54) is 17.8 Å². The van der Waals surface area contributed by atoms with Gasteiger partial charge in [-0.05, 0) is 31.5 Å². The van der Waals surface area contributed by atoms with E-state index in [4.69, 9.17) is 16.7 Å². The summed E-state index contributed by atoms with van der Waals surface area (Å²) in [5.74, 6) is 0. The van der Waals surface area contributed by atoms with Crippen LogP contribution in [0.1, 0.15) is 29.6 Å². The van der Waals surface area contributed by atoms with Crippen LogP contribution in [-0.2, 0) is 13.6 Å². The highest BCUT2D eigenvalue weighted by Gasteiger charge is 2.29. The van der Waals surface area contributed by atoms with Gasteiger partial charge in [0, 0.05) is 30.6 Å². The van der Waals surface area contributed by atoms with Gasteiger partial charge in [-0.25, -0.2) is 4.98 Å². The Morgan fingerprint density at radius 3 is 3.14 bits per heavy atom. The molecule has 2 aromatic heterocycles. The third-order valence-electron chi connectivity index (χ3n) is 4.35. The molecular formula is C16H17ClN4S. The summed E-state index contributed by atoms with van der Waals surface area (Å²) in [6.07, 6.45) is 4.28. The van der Waals surface area contributed by atoms with Gasteiger partial charge in [-0.1, -0.05) is 17.7 Å². The maximum atomic E-state index is 6.41. The minimum Gasteiger partial charge on any atom is -0.288 e. The van der Waals surface area contributed by atoms with Gasteiger partial charge in [-0.2, -0.15) is 5.10 Å². The summed E-state index contributed by atoms with van der Waals surface area (Å²) in [4.78, 5) is 6.98. The molecule has 1 aliphatic rings. The fraction of sp³-hybridized carbons (Fsp3) is 0.375. The van der Waals surface area contributed by atoms with Crippen LogP contribution in [0.2, 0.25) is 5.02 Å². The predicted octanol–water partition coefficient (Wildman–Crippen LogP) is 4.02. The smallest absolute Gasteiger partial charge is 0.110 e. The summed E-state index contributed by atoms with van der Waals surface area (Å²) in [6, 6.07) is 6.40. The maximum absolute atomic E-state index is 6.41. The van der Waals surface area contributed by atoms with Crippen LogP contribution in [0.4, 0.5) is 0 Å². The Kier molecular flexibility index (Phi) is 3.64. The number of hydrogen-bond acceptors (Lipinski definition) is 4. The molecule has 0 N–H and O–H groups in total. The number of halogens is 1. The Balaban J connectivity index is 1.69. The van der Waals surface area contributed by atoms with Crippen LogP contribution in [0.5, 0.6) is 0 Å². The van der Waals surface area contributed by atoms with Crippen molar-refractivity contribution in [2.24, 2.45) is 7.05 Å². The first kappa shape index (κ1) is 14.2. The fourth-order valence-corrected chi connectivity index (χ4v) is 4.44. The number of rotatable bonds is 3. The first-order valence-corrected chi connectivity index (χ1v) is 8.73. The molecule has 0 aliphatic carbocycles. The van der Waals surface area contributed by atoms with Crippen molar-refractivity contribution in [3.05, 3.63) is 45.5 Å². The molecule has 1 aliphatic heterocycles. The molecule has 3 aromatic rings. The Bertz CT molecular complexity index is 796. The lowest BCUT2D eigenvalue weighted by atomic mass is 10.2. The highest BCUT2D eigenvalue weighted by molar-refractivity contribution is 7.09. The number of aryl methyl sites for hydroxylation is 1. The van der Waals surface area contributed by atoms with Crippen LogP contribution in [0.15, 0.2) is 29.8 Å². The van der Waals surface area contributed by atoms with Gasteiger partial charge in [0.25, 0.3) is 0 Å². The predicted molar refractivity (Wildman–Crippen MR) is 90.2 cm³/mol. The number of fused-ring (bicyclic) bond motifs is 1. The molecule has 1 atom stereocenters. The van der Waals surface area contributed by atoms with E-state index in [2.05, 4.69) is 21.3 Å². The van der Waals surface area contributed by atoms with Crippen LogP contribution in [0.25, 0.3) is 10.9 Å². The number of aromatic nitrogens is 3. The zero-order valence-electron chi connectivity index (χ0n) is 12.4. The Morgan fingerprint density at radius 1 is 1.41 bits per heavy atom. The Hall–Kier alpha value is -1.43. The fourth-order valence-electron chi connectivity index (χ4n) is 3.35. The molecule has 1 saturated heterocycles. The Labute approximate surface area is 138 Å². The van der Waals surface area contributed by atoms with Gasteiger partial charge in [-0.15, -0.1) is 11.3 Å². The first-order chi connectivity index (χ1) is 10.7. The zero-order chi connectivity index (χ0) is 15.1. The zero-order valence-corrected chi connectivity index (χ0v) is 13.9. The van der Waals surface area contributed by atoms with Crippen LogP contribution in [0, 0.1) is 0 Å². The molecule has 0 radical (unpaired) electrons. The van der Waals surface area contributed by atoms with Gasteiger partial charge in [0.1, 0.15) is 5.01 Å². The molecule has 0 spiro atoms. The third-order valence-corrected chi connectivity index (χ3v) is 5.54. The average Bonchev–Trinajstić information content (AvgIpc) is 3.21. The van der Waals surface area contributed by atoms with Crippen LogP contribution in [-0.4, -0.2) is 26.2 Å². The minimum atomic E-state index is 0.416. The number of thiazole rings is 1. The average molecular weight is 333 g/mol. The summed E-state index contributed by atoms with van der Waals surface area (Å²) < 4.78 is 1.92. The number of nitrogens with zero attached hydrogens (tertiary/aromatic N) is 4. The van der Waals surface area contributed by atoms with Crippen LogP contribution < -0.4 is 0 Å². The lowest BCUT2D eigenvalue weighted by Gasteiger charge is -2.21. The molecular weight excluding hydrogens is 316 g/mol. The van der Waals surface area contributed by atoms with Crippen molar-refractivity contribution in [2.45, 2.75) is 25.4 Å². The van der Waals surface area contributed by atoms with E-state index in [-0.39, 0.29) is 0 Å². The molecule has 1 unspecified atom stereocenters. The van der Waals surface area contributed by atoms with Crippen molar-refractivity contribution >= 4 is 33.8 Å². The SMILES string of the molecule is Cn1nc(CN2CCCC2c2nccs2)c2c(Cl)cccc21. The molecule has 6 heteroatoms. The van der Waals surface area contributed by atoms with E-state index in [0.29, 0.717) is 6.04 Å². The molecule has 0 saturated carbocycles. The molecule has 0 bridgehead atoms. The third kappa shape index (κ3) is 2.33.